The standard InChI is InChI=1S/C6H9F3N4S/c1-13-4(2-10)11-12-5(13)14-3-6(7,8)9/h2-3,10H2,1H3. The summed E-state index contributed by atoms with van der Waals surface area (Å²) in [5, 5.41) is 7.45. The van der Waals surface area contributed by atoms with Crippen LogP contribution in [0.1, 0.15) is 5.82 Å². The lowest BCUT2D eigenvalue weighted by atomic mass is 10.6. The molecule has 0 radical (unpaired) electrons. The summed E-state index contributed by atoms with van der Waals surface area (Å²) in [5.41, 5.74) is 5.29. The molecule has 0 aliphatic heterocycles. The van der Waals surface area contributed by atoms with Crippen LogP contribution in [0.4, 0.5) is 13.2 Å². The Kier molecular flexibility index (Phi) is 3.38. The Morgan fingerprint density at radius 1 is 1.43 bits per heavy atom. The van der Waals surface area contributed by atoms with E-state index in [2.05, 4.69) is 10.2 Å². The van der Waals surface area contributed by atoms with E-state index in [0.29, 0.717) is 17.6 Å². The molecule has 0 aliphatic carbocycles. The van der Waals surface area contributed by atoms with Crippen LogP contribution >= 0.6 is 11.8 Å². The highest BCUT2D eigenvalue weighted by Gasteiger charge is 2.28. The van der Waals surface area contributed by atoms with Crippen molar-refractivity contribution in [3.05, 3.63) is 5.82 Å². The summed E-state index contributed by atoms with van der Waals surface area (Å²) in [6.45, 7) is 0.163. The highest BCUT2D eigenvalue weighted by atomic mass is 32.2. The topological polar surface area (TPSA) is 56.7 Å². The molecular weight excluding hydrogens is 217 g/mol. The molecule has 1 aromatic heterocycles. The summed E-state index contributed by atoms with van der Waals surface area (Å²) >= 11 is 0.599. The van der Waals surface area contributed by atoms with E-state index in [1.54, 1.807) is 7.05 Å². The third-order valence-electron chi connectivity index (χ3n) is 1.47. The zero-order valence-corrected chi connectivity index (χ0v) is 8.19. The molecule has 4 nitrogen and oxygen atoms in total. The van der Waals surface area contributed by atoms with E-state index in [9.17, 15) is 13.2 Å². The lowest BCUT2D eigenvalue weighted by Gasteiger charge is -2.05. The number of thioether (sulfide) groups is 1. The molecule has 0 bridgehead atoms. The number of halogens is 3. The third-order valence-corrected chi connectivity index (χ3v) is 2.56. The second kappa shape index (κ2) is 4.18. The van der Waals surface area contributed by atoms with Gasteiger partial charge in [-0.1, -0.05) is 11.8 Å². The molecule has 80 valence electrons. The van der Waals surface area contributed by atoms with Crippen molar-refractivity contribution in [2.75, 3.05) is 5.75 Å². The van der Waals surface area contributed by atoms with Gasteiger partial charge in [0.15, 0.2) is 5.16 Å². The molecule has 0 saturated heterocycles. The molecule has 0 aliphatic rings. The van der Waals surface area contributed by atoms with Crippen LogP contribution < -0.4 is 5.73 Å². The summed E-state index contributed by atoms with van der Waals surface area (Å²) in [6, 6.07) is 0. The maximum absolute atomic E-state index is 11.9. The van der Waals surface area contributed by atoms with Gasteiger partial charge < -0.3 is 10.3 Å². The Labute approximate surface area is 82.7 Å². The van der Waals surface area contributed by atoms with E-state index >= 15 is 0 Å². The number of rotatable bonds is 3. The minimum atomic E-state index is -4.19. The predicted octanol–water partition coefficient (Wildman–Crippen LogP) is 0.928. The summed E-state index contributed by atoms with van der Waals surface area (Å²) in [7, 11) is 1.58. The average molecular weight is 226 g/mol. The summed E-state index contributed by atoms with van der Waals surface area (Å²) in [4.78, 5) is 0. The zero-order chi connectivity index (χ0) is 10.8. The van der Waals surface area contributed by atoms with Gasteiger partial charge in [0.25, 0.3) is 0 Å². The molecule has 1 heterocycles. The molecule has 0 amide bonds. The Hall–Kier alpha value is -0.760. The first-order valence-electron chi connectivity index (χ1n) is 3.72. The SMILES string of the molecule is Cn1c(CN)nnc1SCC(F)(F)F. The maximum Gasteiger partial charge on any atom is 0.398 e. The Morgan fingerprint density at radius 2 is 2.07 bits per heavy atom. The minimum absolute atomic E-state index is 0.163. The smallest absolute Gasteiger partial charge is 0.324 e. The molecule has 14 heavy (non-hydrogen) atoms. The van der Waals surface area contributed by atoms with E-state index in [1.807, 2.05) is 0 Å². The van der Waals surface area contributed by atoms with Crippen LogP contribution in [0.25, 0.3) is 0 Å². The fourth-order valence-electron chi connectivity index (χ4n) is 0.795. The molecule has 8 heteroatoms. The van der Waals surface area contributed by atoms with Gasteiger partial charge in [-0.05, 0) is 0 Å². The van der Waals surface area contributed by atoms with Crippen LogP contribution in [0.15, 0.2) is 5.16 Å². The molecule has 0 unspecified atom stereocenters. The molecule has 0 atom stereocenters. The van der Waals surface area contributed by atoms with Gasteiger partial charge in [0.2, 0.25) is 0 Å². The van der Waals surface area contributed by atoms with Gasteiger partial charge in [0.1, 0.15) is 5.82 Å². The van der Waals surface area contributed by atoms with Crippen molar-refractivity contribution >= 4 is 11.8 Å². The molecule has 0 saturated carbocycles. The molecule has 1 aromatic rings. The lowest BCUT2D eigenvalue weighted by Crippen LogP contribution is -2.12. The highest BCUT2D eigenvalue weighted by Crippen LogP contribution is 2.25. The number of nitrogens with two attached hydrogens (primary N) is 1. The second-order valence-electron chi connectivity index (χ2n) is 2.57. The molecule has 0 spiro atoms. The lowest BCUT2D eigenvalue weighted by molar-refractivity contribution is -0.105. The van der Waals surface area contributed by atoms with Crippen LogP contribution in [-0.4, -0.2) is 26.7 Å². The fraction of sp³-hybridized carbons (Fsp3) is 0.667. The number of hydrogen-bond acceptors (Lipinski definition) is 4. The Bertz CT molecular complexity index is 309. The summed E-state index contributed by atoms with van der Waals surface area (Å²) in [5.74, 6) is -0.501. The highest BCUT2D eigenvalue weighted by molar-refractivity contribution is 7.99. The van der Waals surface area contributed by atoms with E-state index < -0.39 is 11.9 Å². The van der Waals surface area contributed by atoms with Crippen LogP contribution in [0.5, 0.6) is 0 Å². The summed E-state index contributed by atoms with van der Waals surface area (Å²) < 4.78 is 37.0. The van der Waals surface area contributed by atoms with Crippen LogP contribution in [0.3, 0.4) is 0 Å². The van der Waals surface area contributed by atoms with Gasteiger partial charge in [-0.3, -0.25) is 0 Å². The van der Waals surface area contributed by atoms with Gasteiger partial charge in [0, 0.05) is 7.05 Å². The van der Waals surface area contributed by atoms with Gasteiger partial charge in [-0.2, -0.15) is 13.2 Å². The second-order valence-corrected chi connectivity index (χ2v) is 3.51. The van der Waals surface area contributed by atoms with Gasteiger partial charge >= 0.3 is 6.18 Å². The number of aromatic nitrogens is 3. The van der Waals surface area contributed by atoms with Crippen molar-refractivity contribution in [1.82, 2.24) is 14.8 Å². The van der Waals surface area contributed by atoms with Crippen LogP contribution in [0, 0.1) is 0 Å². The molecule has 0 fully saturated rings. The van der Waals surface area contributed by atoms with Crippen molar-refractivity contribution in [2.45, 2.75) is 17.9 Å². The minimum Gasteiger partial charge on any atom is -0.324 e. The van der Waals surface area contributed by atoms with Gasteiger partial charge in [-0.25, -0.2) is 0 Å². The largest absolute Gasteiger partial charge is 0.398 e. The van der Waals surface area contributed by atoms with Crippen LogP contribution in [-0.2, 0) is 13.6 Å². The van der Waals surface area contributed by atoms with Crippen LogP contribution in [0.2, 0.25) is 0 Å². The molecular formula is C6H9F3N4S. The first-order valence-corrected chi connectivity index (χ1v) is 4.70. The van der Waals surface area contributed by atoms with Crippen molar-refractivity contribution < 1.29 is 13.2 Å². The first-order chi connectivity index (χ1) is 6.44. The molecule has 2 N–H and O–H groups in total. The van der Waals surface area contributed by atoms with Crippen molar-refractivity contribution in [3.63, 3.8) is 0 Å². The maximum atomic E-state index is 11.9. The van der Waals surface area contributed by atoms with E-state index in [-0.39, 0.29) is 11.7 Å². The Morgan fingerprint density at radius 3 is 2.50 bits per heavy atom. The fourth-order valence-corrected chi connectivity index (χ4v) is 1.49. The predicted molar refractivity (Wildman–Crippen MR) is 45.7 cm³/mol. The van der Waals surface area contributed by atoms with Crippen molar-refractivity contribution in [2.24, 2.45) is 12.8 Å². The quantitative estimate of drug-likeness (QED) is 0.779. The van der Waals surface area contributed by atoms with Crippen molar-refractivity contribution in [3.8, 4) is 0 Å². The average Bonchev–Trinajstić information content (AvgIpc) is 2.42. The number of hydrogen-bond donors (Lipinski definition) is 1. The number of alkyl halides is 3. The van der Waals surface area contributed by atoms with E-state index in [0.717, 1.165) is 0 Å². The number of nitrogens with zero attached hydrogens (tertiary/aromatic N) is 3. The third kappa shape index (κ3) is 2.88. The van der Waals surface area contributed by atoms with E-state index in [4.69, 9.17) is 5.73 Å². The molecule has 1 rings (SSSR count). The van der Waals surface area contributed by atoms with Crippen molar-refractivity contribution in [1.29, 1.82) is 0 Å². The normalized spacial score (nSPS) is 12.1. The zero-order valence-electron chi connectivity index (χ0n) is 7.38. The van der Waals surface area contributed by atoms with Gasteiger partial charge in [-0.15, -0.1) is 10.2 Å². The molecule has 0 aromatic carbocycles. The monoisotopic (exact) mass is 226 g/mol. The van der Waals surface area contributed by atoms with E-state index in [1.165, 1.54) is 4.57 Å². The Balaban J connectivity index is 2.64. The summed E-state index contributed by atoms with van der Waals surface area (Å²) in [6.07, 6.45) is -4.19. The van der Waals surface area contributed by atoms with Gasteiger partial charge in [0.05, 0.1) is 12.3 Å². The first kappa shape index (κ1) is 11.3.